The monoisotopic (exact) mass is 224 g/mol. The van der Waals surface area contributed by atoms with Gasteiger partial charge in [0.05, 0.1) is 5.69 Å². The summed E-state index contributed by atoms with van der Waals surface area (Å²) in [4.78, 5) is 5.83. The zero-order valence-corrected chi connectivity index (χ0v) is 9.74. The molecular weight excluding hydrogens is 207 g/mol. The Labute approximate surface area is 94.9 Å². The van der Waals surface area contributed by atoms with Gasteiger partial charge in [-0.1, -0.05) is 12.1 Å². The number of nitrogens with one attached hydrogen (secondary N) is 1. The Kier molecular flexibility index (Phi) is 4.25. The first-order chi connectivity index (χ1) is 7.56. The molecule has 0 aliphatic rings. The van der Waals surface area contributed by atoms with Crippen LogP contribution in [-0.4, -0.2) is 19.0 Å². The molecule has 0 heterocycles. The molecule has 0 amide bonds. The molecule has 1 rings (SSSR count). The van der Waals surface area contributed by atoms with Gasteiger partial charge in [-0.25, -0.2) is 15.2 Å². The van der Waals surface area contributed by atoms with Crippen LogP contribution in [0.1, 0.15) is 13.8 Å². The lowest BCUT2D eigenvalue weighted by Crippen LogP contribution is -2.43. The first-order valence-electron chi connectivity index (χ1n) is 5.09. The Balaban J connectivity index is 3.00. The summed E-state index contributed by atoms with van der Waals surface area (Å²) < 4.78 is 13.5. The smallest absolute Gasteiger partial charge is 0.213 e. The number of hydrazine groups is 1. The summed E-state index contributed by atoms with van der Waals surface area (Å²) in [5.41, 5.74) is 2.90. The molecule has 4 nitrogen and oxygen atoms in total. The van der Waals surface area contributed by atoms with E-state index in [2.05, 4.69) is 10.4 Å². The third-order valence-corrected chi connectivity index (χ3v) is 2.04. The fourth-order valence-corrected chi connectivity index (χ4v) is 1.30. The molecule has 1 aromatic rings. The van der Waals surface area contributed by atoms with Gasteiger partial charge in [-0.05, 0) is 26.0 Å². The summed E-state index contributed by atoms with van der Waals surface area (Å²) in [6.45, 7) is 3.85. The van der Waals surface area contributed by atoms with Crippen molar-refractivity contribution in [3.8, 4) is 0 Å². The molecule has 0 unspecified atom stereocenters. The quantitative estimate of drug-likeness (QED) is 0.346. The number of guanidine groups is 1. The number of para-hydroxylation sites is 1. The average Bonchev–Trinajstić information content (AvgIpc) is 2.25. The first kappa shape index (κ1) is 12.4. The SMILES string of the molecule is CC(C)N=C(NN)N(C)c1ccccc1F. The van der Waals surface area contributed by atoms with Gasteiger partial charge in [0.2, 0.25) is 5.96 Å². The van der Waals surface area contributed by atoms with Crippen LogP contribution in [-0.2, 0) is 0 Å². The summed E-state index contributed by atoms with van der Waals surface area (Å²) in [6.07, 6.45) is 0. The summed E-state index contributed by atoms with van der Waals surface area (Å²) in [6, 6.07) is 6.55. The number of hydrogen-bond donors (Lipinski definition) is 2. The van der Waals surface area contributed by atoms with Crippen LogP contribution in [0.2, 0.25) is 0 Å². The fraction of sp³-hybridized carbons (Fsp3) is 0.364. The lowest BCUT2D eigenvalue weighted by molar-refractivity contribution is 0.627. The van der Waals surface area contributed by atoms with Gasteiger partial charge >= 0.3 is 0 Å². The highest BCUT2D eigenvalue weighted by molar-refractivity contribution is 5.95. The van der Waals surface area contributed by atoms with Crippen LogP contribution in [0.4, 0.5) is 10.1 Å². The first-order valence-corrected chi connectivity index (χ1v) is 5.09. The lowest BCUT2D eigenvalue weighted by atomic mass is 10.3. The second-order valence-electron chi connectivity index (χ2n) is 3.70. The zero-order valence-electron chi connectivity index (χ0n) is 9.74. The lowest BCUT2D eigenvalue weighted by Gasteiger charge is -2.21. The summed E-state index contributed by atoms with van der Waals surface area (Å²) in [5, 5.41) is 0. The van der Waals surface area contributed by atoms with Crippen LogP contribution in [0.25, 0.3) is 0 Å². The van der Waals surface area contributed by atoms with Crippen molar-refractivity contribution in [2.45, 2.75) is 19.9 Å². The Morgan fingerprint density at radius 1 is 1.44 bits per heavy atom. The third kappa shape index (κ3) is 2.93. The van der Waals surface area contributed by atoms with Crippen molar-refractivity contribution >= 4 is 11.6 Å². The van der Waals surface area contributed by atoms with Gasteiger partial charge in [-0.15, -0.1) is 0 Å². The molecule has 0 saturated carbocycles. The average molecular weight is 224 g/mol. The minimum Gasteiger partial charge on any atom is -0.312 e. The Morgan fingerprint density at radius 3 is 2.56 bits per heavy atom. The van der Waals surface area contributed by atoms with Crippen molar-refractivity contribution in [2.75, 3.05) is 11.9 Å². The molecule has 0 aliphatic carbocycles. The van der Waals surface area contributed by atoms with E-state index in [9.17, 15) is 4.39 Å². The maximum absolute atomic E-state index is 13.5. The Morgan fingerprint density at radius 2 is 2.06 bits per heavy atom. The van der Waals surface area contributed by atoms with Crippen LogP contribution in [0.15, 0.2) is 29.3 Å². The van der Waals surface area contributed by atoms with Gasteiger partial charge in [0.15, 0.2) is 0 Å². The van der Waals surface area contributed by atoms with E-state index in [0.717, 1.165) is 0 Å². The number of rotatable bonds is 2. The number of nitrogens with two attached hydrogens (primary N) is 1. The van der Waals surface area contributed by atoms with Crippen LogP contribution >= 0.6 is 0 Å². The highest BCUT2D eigenvalue weighted by atomic mass is 19.1. The number of hydrogen-bond acceptors (Lipinski definition) is 2. The van der Waals surface area contributed by atoms with E-state index in [1.807, 2.05) is 13.8 Å². The summed E-state index contributed by atoms with van der Waals surface area (Å²) in [5.74, 6) is 5.49. The predicted octanol–water partition coefficient (Wildman–Crippen LogP) is 1.49. The molecule has 5 heteroatoms. The predicted molar refractivity (Wildman–Crippen MR) is 64.7 cm³/mol. The number of aliphatic imine (C=N–C) groups is 1. The topological polar surface area (TPSA) is 53.6 Å². The second-order valence-corrected chi connectivity index (χ2v) is 3.70. The molecule has 0 spiro atoms. The Bertz CT molecular complexity index is 376. The van der Waals surface area contributed by atoms with Crippen LogP contribution < -0.4 is 16.2 Å². The molecule has 0 aliphatic heterocycles. The molecule has 1 aromatic carbocycles. The van der Waals surface area contributed by atoms with Gasteiger partial charge in [0, 0.05) is 13.1 Å². The minimum absolute atomic E-state index is 0.0836. The van der Waals surface area contributed by atoms with E-state index in [0.29, 0.717) is 11.6 Å². The van der Waals surface area contributed by atoms with E-state index in [1.54, 1.807) is 30.1 Å². The normalized spacial score (nSPS) is 11.8. The van der Waals surface area contributed by atoms with E-state index in [4.69, 9.17) is 5.84 Å². The van der Waals surface area contributed by atoms with Gasteiger partial charge < -0.3 is 4.90 Å². The van der Waals surface area contributed by atoms with E-state index in [-0.39, 0.29) is 11.9 Å². The van der Waals surface area contributed by atoms with Crippen LogP contribution in [0.5, 0.6) is 0 Å². The van der Waals surface area contributed by atoms with Gasteiger partial charge in [-0.3, -0.25) is 5.43 Å². The molecule has 0 aromatic heterocycles. The number of anilines is 1. The standard InChI is InChI=1S/C11H17FN4/c1-8(2)14-11(15-13)16(3)10-7-5-4-6-9(10)12/h4-8H,13H2,1-3H3,(H,14,15). The molecule has 0 radical (unpaired) electrons. The second kappa shape index (κ2) is 5.46. The highest BCUT2D eigenvalue weighted by Gasteiger charge is 2.11. The van der Waals surface area contributed by atoms with Crippen molar-refractivity contribution in [3.05, 3.63) is 30.1 Å². The summed E-state index contributed by atoms with van der Waals surface area (Å²) in [7, 11) is 1.71. The van der Waals surface area contributed by atoms with Crippen molar-refractivity contribution in [2.24, 2.45) is 10.8 Å². The van der Waals surface area contributed by atoms with Crippen molar-refractivity contribution in [1.29, 1.82) is 0 Å². The Hall–Kier alpha value is -1.62. The largest absolute Gasteiger partial charge is 0.312 e. The molecule has 0 saturated heterocycles. The van der Waals surface area contributed by atoms with Gasteiger partial charge in [0.1, 0.15) is 5.82 Å². The molecule has 3 N–H and O–H groups in total. The molecule has 0 bridgehead atoms. The van der Waals surface area contributed by atoms with E-state index < -0.39 is 0 Å². The van der Waals surface area contributed by atoms with Crippen molar-refractivity contribution in [3.63, 3.8) is 0 Å². The maximum atomic E-state index is 13.5. The molecule has 88 valence electrons. The number of halogens is 1. The van der Waals surface area contributed by atoms with Crippen LogP contribution in [0, 0.1) is 5.82 Å². The van der Waals surface area contributed by atoms with E-state index >= 15 is 0 Å². The van der Waals surface area contributed by atoms with Gasteiger partial charge in [-0.2, -0.15) is 0 Å². The summed E-state index contributed by atoms with van der Waals surface area (Å²) >= 11 is 0. The molecule has 16 heavy (non-hydrogen) atoms. The molecule has 0 atom stereocenters. The highest BCUT2D eigenvalue weighted by Crippen LogP contribution is 2.16. The van der Waals surface area contributed by atoms with Crippen LogP contribution in [0.3, 0.4) is 0 Å². The van der Waals surface area contributed by atoms with Gasteiger partial charge in [0.25, 0.3) is 0 Å². The third-order valence-electron chi connectivity index (χ3n) is 2.04. The molecular formula is C11H17FN4. The number of benzene rings is 1. The molecule has 0 fully saturated rings. The zero-order chi connectivity index (χ0) is 12.1. The van der Waals surface area contributed by atoms with E-state index in [1.165, 1.54) is 6.07 Å². The minimum atomic E-state index is -0.309. The number of nitrogens with zero attached hydrogens (tertiary/aromatic N) is 2. The maximum Gasteiger partial charge on any atom is 0.213 e. The fourth-order valence-electron chi connectivity index (χ4n) is 1.30. The van der Waals surface area contributed by atoms with Crippen molar-refractivity contribution in [1.82, 2.24) is 5.43 Å². The van der Waals surface area contributed by atoms with Crippen molar-refractivity contribution < 1.29 is 4.39 Å².